The number of thiophene rings is 1. The van der Waals surface area contributed by atoms with E-state index in [2.05, 4.69) is 33.0 Å². The summed E-state index contributed by atoms with van der Waals surface area (Å²) in [4.78, 5) is 25.8. The van der Waals surface area contributed by atoms with Crippen LogP contribution in [-0.4, -0.2) is 66.2 Å². The summed E-state index contributed by atoms with van der Waals surface area (Å²) >= 11 is 4.99. The minimum atomic E-state index is -0.457. The molecule has 9 heteroatoms. The van der Waals surface area contributed by atoms with E-state index in [1.165, 1.54) is 48.7 Å². The summed E-state index contributed by atoms with van der Waals surface area (Å²) in [5, 5.41) is 6.93. The van der Waals surface area contributed by atoms with Gasteiger partial charge in [-0.2, -0.15) is 5.10 Å². The number of piperidine rings is 1. The van der Waals surface area contributed by atoms with Gasteiger partial charge in [-0.1, -0.05) is 20.3 Å². The van der Waals surface area contributed by atoms with Crippen LogP contribution in [0.2, 0.25) is 0 Å². The molecule has 2 aromatic rings. The van der Waals surface area contributed by atoms with Crippen LogP contribution in [0.5, 0.6) is 0 Å². The zero-order chi connectivity index (χ0) is 21.6. The van der Waals surface area contributed by atoms with Crippen LogP contribution in [0.3, 0.4) is 0 Å². The molecule has 0 aromatic carbocycles. The van der Waals surface area contributed by atoms with Gasteiger partial charge in [0.1, 0.15) is 17.2 Å². The first-order valence-corrected chi connectivity index (χ1v) is 11.4. The molecule has 3 heterocycles. The molecule has 0 spiro atoms. The number of amides is 1. The van der Waals surface area contributed by atoms with Crippen molar-refractivity contribution < 1.29 is 9.59 Å². The lowest BCUT2D eigenvalue weighted by Crippen LogP contribution is -2.30. The molecule has 2 N–H and O–H groups in total. The van der Waals surface area contributed by atoms with Crippen LogP contribution in [-0.2, 0) is 4.79 Å². The van der Waals surface area contributed by atoms with Gasteiger partial charge >= 0.3 is 0 Å². The third-order valence-electron chi connectivity index (χ3n) is 4.58. The highest BCUT2D eigenvalue weighted by atomic mass is 79.9. The molecule has 2 aromatic heterocycles. The van der Waals surface area contributed by atoms with Crippen LogP contribution >= 0.6 is 27.3 Å². The quantitative estimate of drug-likeness (QED) is 0.304. The monoisotopic (exact) mass is 483 g/mol. The highest BCUT2D eigenvalue weighted by Crippen LogP contribution is 2.32. The minimum Gasteiger partial charge on any atom is -0.368 e. The maximum Gasteiger partial charge on any atom is 0.238 e. The number of hydrogen-bond acceptors (Lipinski definition) is 6. The largest absolute Gasteiger partial charge is 0.368 e. The molecule has 0 unspecified atom stereocenters. The molecule has 1 aliphatic heterocycles. The second-order valence-electron chi connectivity index (χ2n) is 7.59. The number of hydrogen-bond donors (Lipinski definition) is 1. The van der Waals surface area contributed by atoms with E-state index in [1.54, 1.807) is 7.05 Å². The maximum atomic E-state index is 11.4. The van der Waals surface area contributed by atoms with Crippen LogP contribution in [0.15, 0.2) is 21.0 Å². The highest BCUT2D eigenvalue weighted by molar-refractivity contribution is 9.11. The number of rotatable bonds is 5. The Morgan fingerprint density at radius 3 is 2.48 bits per heavy atom. The third-order valence-corrected chi connectivity index (χ3v) is 6.22. The Morgan fingerprint density at radius 1 is 1.34 bits per heavy atom. The second kappa shape index (κ2) is 10.9. The molecule has 0 bridgehead atoms. The van der Waals surface area contributed by atoms with E-state index in [1.807, 2.05) is 30.5 Å². The molecule has 0 aliphatic carbocycles. The summed E-state index contributed by atoms with van der Waals surface area (Å²) in [6, 6.07) is 3.80. The van der Waals surface area contributed by atoms with Crippen LogP contribution in [0.25, 0.3) is 10.2 Å². The number of fused-ring (bicyclic) bond motifs is 1. The van der Waals surface area contributed by atoms with Crippen molar-refractivity contribution in [2.75, 3.05) is 33.7 Å². The van der Waals surface area contributed by atoms with Gasteiger partial charge in [0.15, 0.2) is 6.29 Å². The number of likely N-dealkylation sites (N-methyl/N-ethyl adjacent to an activating group) is 1. The first-order valence-electron chi connectivity index (χ1n) is 9.75. The molecular weight excluding hydrogens is 454 g/mol. The minimum absolute atomic E-state index is 0.0190. The average molecular weight is 484 g/mol. The lowest BCUT2D eigenvalue weighted by Gasteiger charge is -2.20. The third kappa shape index (κ3) is 6.65. The Kier molecular flexibility index (Phi) is 8.85. The smallest absolute Gasteiger partial charge is 0.238 e. The van der Waals surface area contributed by atoms with Crippen molar-refractivity contribution >= 4 is 55.5 Å². The summed E-state index contributed by atoms with van der Waals surface area (Å²) in [5.41, 5.74) is 5.73. The topological polar surface area (TPSA) is 83.9 Å². The van der Waals surface area contributed by atoms with Gasteiger partial charge < -0.3 is 10.6 Å². The van der Waals surface area contributed by atoms with Crippen molar-refractivity contribution in [3.05, 3.63) is 21.6 Å². The molecule has 3 rings (SSSR count). The van der Waals surface area contributed by atoms with E-state index in [0.717, 1.165) is 20.3 Å². The van der Waals surface area contributed by atoms with Crippen molar-refractivity contribution in [1.29, 1.82) is 0 Å². The number of nitrogens with two attached hydrogens (primary N) is 1. The normalized spacial score (nSPS) is 15.3. The van der Waals surface area contributed by atoms with E-state index in [4.69, 9.17) is 5.73 Å². The predicted octanol–water partition coefficient (Wildman–Crippen LogP) is 3.61. The van der Waals surface area contributed by atoms with Gasteiger partial charge in [-0.15, -0.1) is 11.3 Å². The van der Waals surface area contributed by atoms with Crippen molar-refractivity contribution in [1.82, 2.24) is 14.5 Å². The molecule has 0 radical (unpaired) electrons. The molecule has 29 heavy (non-hydrogen) atoms. The van der Waals surface area contributed by atoms with Crippen molar-refractivity contribution in [3.63, 3.8) is 0 Å². The summed E-state index contributed by atoms with van der Waals surface area (Å²) in [6.45, 7) is 6.63. The van der Waals surface area contributed by atoms with Gasteiger partial charge in [-0.25, -0.2) is 0 Å². The second-order valence-corrected chi connectivity index (χ2v) is 10.0. The van der Waals surface area contributed by atoms with Crippen molar-refractivity contribution in [2.45, 2.75) is 33.1 Å². The van der Waals surface area contributed by atoms with Crippen LogP contribution in [0.1, 0.15) is 43.6 Å². The fourth-order valence-corrected chi connectivity index (χ4v) is 4.82. The number of carbonyl (C=O) groups is 2. The average Bonchev–Trinajstić information content (AvgIpc) is 3.15. The summed E-state index contributed by atoms with van der Waals surface area (Å²) in [5.74, 6) is 0.294. The Morgan fingerprint density at radius 2 is 2.00 bits per heavy atom. The number of aromatic nitrogens is 1. The fourth-order valence-electron chi connectivity index (χ4n) is 3.21. The first-order chi connectivity index (χ1) is 13.7. The number of primary amides is 1. The molecule has 1 aliphatic rings. The highest BCUT2D eigenvalue weighted by Gasteiger charge is 2.19. The molecular formula is C20H30BrN5O2S. The molecule has 1 amide bonds. The SMILES string of the molecule is CC(C)/C(=N/N(C)CC(N)=O)n1c(C=O)cc2cc(Br)sc21.CN1CCCCC1. The fraction of sp³-hybridized carbons (Fsp3) is 0.550. The van der Waals surface area contributed by atoms with E-state index in [9.17, 15) is 9.59 Å². The van der Waals surface area contributed by atoms with Crippen LogP contribution in [0, 0.1) is 5.92 Å². The van der Waals surface area contributed by atoms with Gasteiger partial charge in [0.25, 0.3) is 0 Å². The molecule has 1 saturated heterocycles. The Labute approximate surface area is 184 Å². The molecule has 0 atom stereocenters. The van der Waals surface area contributed by atoms with Gasteiger partial charge in [0, 0.05) is 18.4 Å². The van der Waals surface area contributed by atoms with E-state index in [-0.39, 0.29) is 12.5 Å². The zero-order valence-electron chi connectivity index (χ0n) is 17.5. The summed E-state index contributed by atoms with van der Waals surface area (Å²) in [6.07, 6.45) is 5.09. The van der Waals surface area contributed by atoms with E-state index >= 15 is 0 Å². The van der Waals surface area contributed by atoms with Crippen LogP contribution < -0.4 is 5.73 Å². The predicted molar refractivity (Wildman–Crippen MR) is 124 cm³/mol. The number of carbonyl (C=O) groups excluding carboxylic acids is 2. The van der Waals surface area contributed by atoms with Gasteiger partial charge in [0.05, 0.1) is 9.48 Å². The van der Waals surface area contributed by atoms with Crippen molar-refractivity contribution in [2.24, 2.45) is 16.8 Å². The van der Waals surface area contributed by atoms with E-state index in [0.29, 0.717) is 11.5 Å². The lowest BCUT2D eigenvalue weighted by molar-refractivity contribution is -0.118. The maximum absolute atomic E-state index is 11.4. The Bertz CT molecular complexity index is 868. The molecule has 0 saturated carbocycles. The number of halogens is 1. The zero-order valence-corrected chi connectivity index (χ0v) is 19.9. The molecule has 7 nitrogen and oxygen atoms in total. The van der Waals surface area contributed by atoms with E-state index < -0.39 is 5.91 Å². The van der Waals surface area contributed by atoms with Gasteiger partial charge in [0.2, 0.25) is 5.91 Å². The summed E-state index contributed by atoms with van der Waals surface area (Å²) in [7, 11) is 3.87. The Balaban J connectivity index is 0.000000360. The molecule has 1 fully saturated rings. The van der Waals surface area contributed by atoms with Crippen molar-refractivity contribution in [3.8, 4) is 0 Å². The molecule has 160 valence electrons. The van der Waals surface area contributed by atoms with Gasteiger partial charge in [-0.3, -0.25) is 19.2 Å². The first kappa shape index (κ1) is 23.6. The standard InChI is InChI=1S/C14H17BrN4O2S.C6H13N/c1-8(2)13(17-18(3)6-12(16)21)19-10(7-20)4-9-5-11(15)22-14(9)19;1-7-5-3-2-4-6-7/h4-5,7-8H,6H2,1-3H3,(H2,16,21);2-6H2,1H3/b17-13-;. The van der Waals surface area contributed by atoms with Crippen LogP contribution in [0.4, 0.5) is 0 Å². The lowest BCUT2D eigenvalue weighted by atomic mass is 10.1. The number of aldehydes is 1. The number of nitrogens with zero attached hydrogens (tertiary/aromatic N) is 4. The Hall–Kier alpha value is -1.71. The number of likely N-dealkylation sites (tertiary alicyclic amines) is 1. The summed E-state index contributed by atoms with van der Waals surface area (Å²) < 4.78 is 2.82. The van der Waals surface area contributed by atoms with Gasteiger partial charge in [-0.05, 0) is 61.0 Å². The number of hydrazone groups is 1.